The van der Waals surface area contributed by atoms with Crippen molar-refractivity contribution in [2.75, 3.05) is 5.32 Å². The predicted molar refractivity (Wildman–Crippen MR) is 73.4 cm³/mol. The van der Waals surface area contributed by atoms with E-state index in [0.29, 0.717) is 22.8 Å². The molecule has 0 fully saturated rings. The number of rotatable bonds is 2. The molecule has 0 saturated heterocycles. The summed E-state index contributed by atoms with van der Waals surface area (Å²) in [5.74, 6) is -0.0955. The summed E-state index contributed by atoms with van der Waals surface area (Å²) in [7, 11) is 0. The minimum absolute atomic E-state index is 0.0297. The van der Waals surface area contributed by atoms with Crippen LogP contribution in [-0.4, -0.2) is 15.9 Å². The first kappa shape index (κ1) is 13.5. The number of aromatic amines is 1. The number of aryl methyl sites for hydroxylation is 2. The summed E-state index contributed by atoms with van der Waals surface area (Å²) >= 11 is 0. The monoisotopic (exact) mass is 268 g/mol. The molecule has 6 nitrogen and oxygen atoms in total. The van der Waals surface area contributed by atoms with E-state index in [9.17, 15) is 9.59 Å². The standard InChI is InChI=1S/C14H12N4O2/c1-8-12(13(19)17-9(2)16-8)14(20)18-11-5-3-4-10(6-11)7-15/h3-6H,1-2H3,(H,18,20)(H,16,17,19). The zero-order valence-electron chi connectivity index (χ0n) is 11.0. The van der Waals surface area contributed by atoms with Crippen LogP contribution in [0.25, 0.3) is 0 Å². The largest absolute Gasteiger partial charge is 0.322 e. The lowest BCUT2D eigenvalue weighted by Crippen LogP contribution is -2.26. The van der Waals surface area contributed by atoms with Crippen LogP contribution in [0.3, 0.4) is 0 Å². The van der Waals surface area contributed by atoms with Crippen LogP contribution in [0, 0.1) is 25.2 Å². The number of nitriles is 1. The maximum absolute atomic E-state index is 12.1. The second-order valence-corrected chi connectivity index (χ2v) is 4.26. The SMILES string of the molecule is Cc1nc(C)c(C(=O)Nc2cccc(C#N)c2)c(=O)[nH]1. The lowest BCUT2D eigenvalue weighted by molar-refractivity contribution is 0.102. The molecule has 1 aromatic heterocycles. The van der Waals surface area contributed by atoms with Crippen LogP contribution in [0.1, 0.15) is 27.4 Å². The first-order chi connectivity index (χ1) is 9.51. The van der Waals surface area contributed by atoms with Crippen molar-refractivity contribution >= 4 is 11.6 Å². The summed E-state index contributed by atoms with van der Waals surface area (Å²) in [5.41, 5.74) is 0.728. The number of amides is 1. The van der Waals surface area contributed by atoms with E-state index >= 15 is 0 Å². The fraction of sp³-hybridized carbons (Fsp3) is 0.143. The van der Waals surface area contributed by atoms with Gasteiger partial charge in [-0.2, -0.15) is 5.26 Å². The summed E-state index contributed by atoms with van der Waals surface area (Å²) in [6.45, 7) is 3.25. The number of anilines is 1. The zero-order valence-corrected chi connectivity index (χ0v) is 11.0. The maximum atomic E-state index is 12.1. The van der Waals surface area contributed by atoms with E-state index in [0.717, 1.165) is 0 Å². The molecule has 1 amide bonds. The Morgan fingerprint density at radius 1 is 1.40 bits per heavy atom. The molecule has 100 valence electrons. The predicted octanol–water partition coefficient (Wildman–Crippen LogP) is 1.51. The summed E-state index contributed by atoms with van der Waals surface area (Å²) < 4.78 is 0. The van der Waals surface area contributed by atoms with E-state index in [1.807, 2.05) is 6.07 Å². The molecule has 0 bridgehead atoms. The molecule has 20 heavy (non-hydrogen) atoms. The summed E-state index contributed by atoms with van der Waals surface area (Å²) in [4.78, 5) is 30.5. The number of nitrogens with zero attached hydrogens (tertiary/aromatic N) is 2. The number of hydrogen-bond acceptors (Lipinski definition) is 4. The molecule has 0 atom stereocenters. The van der Waals surface area contributed by atoms with Crippen molar-refractivity contribution in [3.05, 3.63) is 57.3 Å². The van der Waals surface area contributed by atoms with E-state index in [4.69, 9.17) is 5.26 Å². The number of carbonyl (C=O) groups is 1. The van der Waals surface area contributed by atoms with Crippen molar-refractivity contribution in [3.8, 4) is 6.07 Å². The molecule has 0 aliphatic heterocycles. The zero-order chi connectivity index (χ0) is 14.7. The molecule has 0 spiro atoms. The number of nitrogens with one attached hydrogen (secondary N) is 2. The highest BCUT2D eigenvalue weighted by atomic mass is 16.2. The number of aromatic nitrogens is 2. The van der Waals surface area contributed by atoms with Gasteiger partial charge >= 0.3 is 0 Å². The van der Waals surface area contributed by atoms with Crippen LogP contribution in [0.15, 0.2) is 29.1 Å². The molecule has 1 aromatic carbocycles. The van der Waals surface area contributed by atoms with Gasteiger partial charge in [-0.3, -0.25) is 9.59 Å². The number of benzene rings is 1. The van der Waals surface area contributed by atoms with Gasteiger partial charge in [0.25, 0.3) is 11.5 Å². The molecule has 0 aliphatic rings. The van der Waals surface area contributed by atoms with E-state index in [1.165, 1.54) is 6.07 Å². The van der Waals surface area contributed by atoms with E-state index in [-0.39, 0.29) is 5.56 Å². The highest BCUT2D eigenvalue weighted by Gasteiger charge is 2.15. The summed E-state index contributed by atoms with van der Waals surface area (Å²) in [6.07, 6.45) is 0. The Hall–Kier alpha value is -2.94. The van der Waals surface area contributed by atoms with Gasteiger partial charge in [0.2, 0.25) is 0 Å². The number of carbonyl (C=O) groups excluding carboxylic acids is 1. The van der Waals surface area contributed by atoms with Crippen LogP contribution in [0.4, 0.5) is 5.69 Å². The highest BCUT2D eigenvalue weighted by molar-refractivity contribution is 6.04. The second kappa shape index (κ2) is 5.36. The van der Waals surface area contributed by atoms with Gasteiger partial charge in [-0.25, -0.2) is 4.98 Å². The molecule has 0 saturated carbocycles. The van der Waals surface area contributed by atoms with E-state index < -0.39 is 11.5 Å². The van der Waals surface area contributed by atoms with Gasteiger partial charge in [-0.05, 0) is 32.0 Å². The molecular formula is C14H12N4O2. The fourth-order valence-electron chi connectivity index (χ4n) is 1.85. The van der Waals surface area contributed by atoms with Gasteiger partial charge < -0.3 is 10.3 Å². The van der Waals surface area contributed by atoms with Crippen LogP contribution in [0.2, 0.25) is 0 Å². The Balaban J connectivity index is 2.34. The number of H-pyrrole nitrogens is 1. The van der Waals surface area contributed by atoms with Gasteiger partial charge in [-0.1, -0.05) is 6.07 Å². The lowest BCUT2D eigenvalue weighted by atomic mass is 10.2. The first-order valence-electron chi connectivity index (χ1n) is 5.90. The molecule has 0 radical (unpaired) electrons. The molecule has 0 unspecified atom stereocenters. The van der Waals surface area contributed by atoms with Gasteiger partial charge in [0.05, 0.1) is 17.3 Å². The quantitative estimate of drug-likeness (QED) is 0.862. The van der Waals surface area contributed by atoms with Gasteiger partial charge in [0.1, 0.15) is 11.4 Å². The molecular weight excluding hydrogens is 256 g/mol. The number of hydrogen-bond donors (Lipinski definition) is 2. The summed E-state index contributed by atoms with van der Waals surface area (Å²) in [5, 5.41) is 11.4. The molecule has 6 heteroatoms. The second-order valence-electron chi connectivity index (χ2n) is 4.26. The Bertz CT molecular complexity index is 771. The Morgan fingerprint density at radius 3 is 2.80 bits per heavy atom. The third-order valence-corrected chi connectivity index (χ3v) is 2.70. The van der Waals surface area contributed by atoms with Crippen molar-refractivity contribution in [1.29, 1.82) is 5.26 Å². The normalized spacial score (nSPS) is 9.85. The minimum Gasteiger partial charge on any atom is -0.322 e. The van der Waals surface area contributed by atoms with Crippen molar-refractivity contribution in [3.63, 3.8) is 0 Å². The third kappa shape index (κ3) is 2.72. The van der Waals surface area contributed by atoms with Crippen molar-refractivity contribution in [2.24, 2.45) is 0 Å². The Kier molecular flexibility index (Phi) is 3.62. The molecule has 2 rings (SSSR count). The molecule has 1 heterocycles. The van der Waals surface area contributed by atoms with Gasteiger partial charge in [0, 0.05) is 5.69 Å². The topological polar surface area (TPSA) is 98.6 Å². The Labute approximate surface area is 115 Å². The highest BCUT2D eigenvalue weighted by Crippen LogP contribution is 2.11. The molecule has 0 aliphatic carbocycles. The minimum atomic E-state index is -0.550. The first-order valence-corrected chi connectivity index (χ1v) is 5.90. The lowest BCUT2D eigenvalue weighted by Gasteiger charge is -2.07. The van der Waals surface area contributed by atoms with Crippen molar-refractivity contribution in [1.82, 2.24) is 9.97 Å². The van der Waals surface area contributed by atoms with Crippen LogP contribution in [0.5, 0.6) is 0 Å². The molecule has 2 aromatic rings. The van der Waals surface area contributed by atoms with Crippen molar-refractivity contribution < 1.29 is 4.79 Å². The van der Waals surface area contributed by atoms with E-state index in [2.05, 4.69) is 15.3 Å². The van der Waals surface area contributed by atoms with Gasteiger partial charge in [-0.15, -0.1) is 0 Å². The molecule has 2 N–H and O–H groups in total. The van der Waals surface area contributed by atoms with E-state index in [1.54, 1.807) is 32.0 Å². The Morgan fingerprint density at radius 2 is 2.15 bits per heavy atom. The van der Waals surface area contributed by atoms with Crippen molar-refractivity contribution in [2.45, 2.75) is 13.8 Å². The fourth-order valence-corrected chi connectivity index (χ4v) is 1.85. The van der Waals surface area contributed by atoms with Crippen LogP contribution >= 0.6 is 0 Å². The van der Waals surface area contributed by atoms with Crippen LogP contribution in [-0.2, 0) is 0 Å². The average molecular weight is 268 g/mol. The smallest absolute Gasteiger partial charge is 0.264 e. The third-order valence-electron chi connectivity index (χ3n) is 2.70. The summed E-state index contributed by atoms with van der Waals surface area (Å²) in [6, 6.07) is 8.43. The van der Waals surface area contributed by atoms with Crippen LogP contribution < -0.4 is 10.9 Å². The van der Waals surface area contributed by atoms with Gasteiger partial charge in [0.15, 0.2) is 0 Å². The average Bonchev–Trinajstić information content (AvgIpc) is 2.37. The maximum Gasteiger partial charge on any atom is 0.264 e.